The van der Waals surface area contributed by atoms with Crippen LogP contribution in [0.1, 0.15) is 31.9 Å². The van der Waals surface area contributed by atoms with E-state index < -0.39 is 17.7 Å². The molecular weight excluding hydrogens is 259 g/mol. The molecule has 0 bridgehead atoms. The number of aryl methyl sites for hydroxylation is 1. The number of carbonyl (C=O) groups is 1. The summed E-state index contributed by atoms with van der Waals surface area (Å²) in [5, 5.41) is 11.5. The largest absolute Gasteiger partial charge is 0.444 e. The van der Waals surface area contributed by atoms with E-state index in [9.17, 15) is 9.18 Å². The number of ether oxygens (including phenoxy) is 1. The van der Waals surface area contributed by atoms with Crippen LogP contribution in [0, 0.1) is 24.1 Å². The van der Waals surface area contributed by atoms with Crippen molar-refractivity contribution in [1.82, 2.24) is 5.32 Å². The minimum absolute atomic E-state index is 0.0991. The Hall–Kier alpha value is -2.09. The number of rotatable bonds is 3. The second-order valence-electron chi connectivity index (χ2n) is 5.63. The highest BCUT2D eigenvalue weighted by atomic mass is 19.1. The normalized spacial score (nSPS) is 12.4. The van der Waals surface area contributed by atoms with E-state index in [2.05, 4.69) is 5.32 Å². The molecule has 0 aliphatic heterocycles. The van der Waals surface area contributed by atoms with Crippen LogP contribution in [0.2, 0.25) is 0 Å². The van der Waals surface area contributed by atoms with Gasteiger partial charge in [-0.1, -0.05) is 12.1 Å². The highest BCUT2D eigenvalue weighted by Gasteiger charge is 2.20. The van der Waals surface area contributed by atoms with Gasteiger partial charge in [-0.25, -0.2) is 9.18 Å². The molecule has 1 amide bonds. The molecule has 0 radical (unpaired) electrons. The van der Waals surface area contributed by atoms with Crippen molar-refractivity contribution in [3.05, 3.63) is 35.1 Å². The lowest BCUT2D eigenvalue weighted by atomic mass is 10.0. The van der Waals surface area contributed by atoms with Crippen LogP contribution in [0.15, 0.2) is 18.2 Å². The van der Waals surface area contributed by atoms with Crippen molar-refractivity contribution in [2.24, 2.45) is 0 Å². The number of nitrogens with one attached hydrogen (secondary N) is 1. The molecular formula is C15H19FN2O2. The Morgan fingerprint density at radius 3 is 2.65 bits per heavy atom. The Kier molecular flexibility index (Phi) is 5.09. The number of hydrogen-bond donors (Lipinski definition) is 1. The molecule has 1 atom stereocenters. The molecule has 108 valence electrons. The van der Waals surface area contributed by atoms with Crippen molar-refractivity contribution in [2.75, 3.05) is 0 Å². The molecule has 1 unspecified atom stereocenters. The maximum absolute atomic E-state index is 13.7. The third-order valence-corrected chi connectivity index (χ3v) is 2.48. The van der Waals surface area contributed by atoms with Gasteiger partial charge in [0.05, 0.1) is 6.07 Å². The molecule has 1 N–H and O–H groups in total. The average Bonchev–Trinajstić information content (AvgIpc) is 2.29. The van der Waals surface area contributed by atoms with E-state index in [1.807, 2.05) is 6.07 Å². The van der Waals surface area contributed by atoms with Crippen molar-refractivity contribution in [2.45, 2.75) is 45.8 Å². The standard InChI is InChI=1S/C15H19FN2O2/c1-10-5-6-11(13(16)7-10)8-12(9-17)18-14(19)20-15(2,3)4/h5-7,12H,8H2,1-4H3,(H,18,19). The minimum atomic E-state index is -0.831. The van der Waals surface area contributed by atoms with E-state index in [-0.39, 0.29) is 12.2 Å². The molecule has 0 aromatic heterocycles. The fourth-order valence-electron chi connectivity index (χ4n) is 1.62. The van der Waals surface area contributed by atoms with E-state index in [0.717, 1.165) is 5.56 Å². The lowest BCUT2D eigenvalue weighted by Crippen LogP contribution is -2.39. The Labute approximate surface area is 118 Å². The summed E-state index contributed by atoms with van der Waals surface area (Å²) in [6.07, 6.45) is -0.585. The highest BCUT2D eigenvalue weighted by molar-refractivity contribution is 5.68. The maximum Gasteiger partial charge on any atom is 0.408 e. The van der Waals surface area contributed by atoms with Crippen LogP contribution < -0.4 is 5.32 Å². The predicted molar refractivity (Wildman–Crippen MR) is 73.6 cm³/mol. The quantitative estimate of drug-likeness (QED) is 0.924. The van der Waals surface area contributed by atoms with Crippen LogP contribution in [0.3, 0.4) is 0 Å². The van der Waals surface area contributed by atoms with E-state index in [1.54, 1.807) is 39.8 Å². The second kappa shape index (κ2) is 6.38. The Morgan fingerprint density at radius 2 is 2.15 bits per heavy atom. The van der Waals surface area contributed by atoms with Gasteiger partial charge in [-0.3, -0.25) is 0 Å². The van der Waals surface area contributed by atoms with Crippen LogP contribution in [0.25, 0.3) is 0 Å². The number of alkyl carbamates (subject to hydrolysis) is 1. The molecule has 1 aromatic rings. The van der Waals surface area contributed by atoms with Crippen molar-refractivity contribution >= 4 is 6.09 Å². The fraction of sp³-hybridized carbons (Fsp3) is 0.467. The summed E-state index contributed by atoms with van der Waals surface area (Å²) in [6.45, 7) is 6.97. The summed E-state index contributed by atoms with van der Waals surface area (Å²) in [4.78, 5) is 11.6. The topological polar surface area (TPSA) is 62.1 Å². The van der Waals surface area contributed by atoms with Gasteiger partial charge >= 0.3 is 6.09 Å². The molecule has 0 aliphatic carbocycles. The summed E-state index contributed by atoms with van der Waals surface area (Å²) < 4.78 is 18.8. The molecule has 1 rings (SSSR count). The van der Waals surface area contributed by atoms with Gasteiger partial charge in [-0.15, -0.1) is 0 Å². The van der Waals surface area contributed by atoms with Crippen LogP contribution >= 0.6 is 0 Å². The molecule has 5 heteroatoms. The SMILES string of the molecule is Cc1ccc(CC(C#N)NC(=O)OC(C)(C)C)c(F)c1. The van der Waals surface area contributed by atoms with Gasteiger partial charge in [0.1, 0.15) is 17.5 Å². The summed E-state index contributed by atoms with van der Waals surface area (Å²) in [5.74, 6) is -0.378. The van der Waals surface area contributed by atoms with Crippen LogP contribution in [0.4, 0.5) is 9.18 Å². The lowest BCUT2D eigenvalue weighted by Gasteiger charge is -2.21. The van der Waals surface area contributed by atoms with Gasteiger partial charge in [0, 0.05) is 6.42 Å². The number of hydrogen-bond acceptors (Lipinski definition) is 3. The number of carbonyl (C=O) groups excluding carboxylic acids is 1. The first-order chi connectivity index (χ1) is 9.21. The molecule has 4 nitrogen and oxygen atoms in total. The van der Waals surface area contributed by atoms with E-state index in [1.165, 1.54) is 6.07 Å². The summed E-state index contributed by atoms with van der Waals surface area (Å²) >= 11 is 0. The minimum Gasteiger partial charge on any atom is -0.444 e. The second-order valence-corrected chi connectivity index (χ2v) is 5.63. The van der Waals surface area contributed by atoms with Gasteiger partial charge in [0.15, 0.2) is 0 Å². The Morgan fingerprint density at radius 1 is 1.50 bits per heavy atom. The predicted octanol–water partition coefficient (Wildman–Crippen LogP) is 3.09. The van der Waals surface area contributed by atoms with Crippen LogP contribution in [-0.4, -0.2) is 17.7 Å². The van der Waals surface area contributed by atoms with Crippen LogP contribution in [0.5, 0.6) is 0 Å². The van der Waals surface area contributed by atoms with Crippen molar-refractivity contribution < 1.29 is 13.9 Å². The van der Waals surface area contributed by atoms with Crippen molar-refractivity contribution in [3.8, 4) is 6.07 Å². The number of nitriles is 1. The number of halogens is 1. The fourth-order valence-corrected chi connectivity index (χ4v) is 1.62. The number of amides is 1. The first kappa shape index (κ1) is 16.0. The third kappa shape index (κ3) is 5.27. The summed E-state index contributed by atoms with van der Waals surface area (Å²) in [6, 6.07) is 5.88. The van der Waals surface area contributed by atoms with Crippen molar-refractivity contribution in [1.29, 1.82) is 5.26 Å². The summed E-state index contributed by atoms with van der Waals surface area (Å²) in [7, 11) is 0. The molecule has 0 spiro atoms. The van der Waals surface area contributed by atoms with Gasteiger partial charge in [0.2, 0.25) is 0 Å². The van der Waals surface area contributed by atoms with Gasteiger partial charge in [0.25, 0.3) is 0 Å². The van der Waals surface area contributed by atoms with Gasteiger partial charge in [-0.05, 0) is 44.9 Å². The van der Waals surface area contributed by atoms with Gasteiger partial charge < -0.3 is 10.1 Å². The molecule has 1 aromatic carbocycles. The molecule has 0 saturated heterocycles. The molecule has 20 heavy (non-hydrogen) atoms. The highest BCUT2D eigenvalue weighted by Crippen LogP contribution is 2.12. The van der Waals surface area contributed by atoms with E-state index in [0.29, 0.717) is 5.56 Å². The van der Waals surface area contributed by atoms with Crippen LogP contribution in [-0.2, 0) is 11.2 Å². The first-order valence-corrected chi connectivity index (χ1v) is 6.35. The zero-order valence-electron chi connectivity index (χ0n) is 12.2. The monoisotopic (exact) mass is 278 g/mol. The third-order valence-electron chi connectivity index (χ3n) is 2.48. The van der Waals surface area contributed by atoms with Crippen molar-refractivity contribution in [3.63, 3.8) is 0 Å². The molecule has 0 fully saturated rings. The summed E-state index contributed by atoms with van der Waals surface area (Å²) in [5.41, 5.74) is 0.553. The van der Waals surface area contributed by atoms with E-state index in [4.69, 9.17) is 10.00 Å². The zero-order valence-corrected chi connectivity index (χ0v) is 12.2. The molecule has 0 heterocycles. The van der Waals surface area contributed by atoms with Gasteiger partial charge in [-0.2, -0.15) is 5.26 Å². The number of benzene rings is 1. The lowest BCUT2D eigenvalue weighted by molar-refractivity contribution is 0.0515. The van der Waals surface area contributed by atoms with E-state index >= 15 is 0 Å². The molecule has 0 aliphatic rings. The zero-order chi connectivity index (χ0) is 15.3. The molecule has 0 saturated carbocycles. The smallest absolute Gasteiger partial charge is 0.408 e. The Balaban J connectivity index is 2.69. The number of nitrogens with zero attached hydrogens (tertiary/aromatic N) is 1. The maximum atomic E-state index is 13.7. The first-order valence-electron chi connectivity index (χ1n) is 6.35. The Bertz CT molecular complexity index is 530. The average molecular weight is 278 g/mol.